The van der Waals surface area contributed by atoms with Crippen molar-refractivity contribution < 1.29 is 99.4 Å². The maximum absolute atomic E-state index is 14.5. The van der Waals surface area contributed by atoms with Crippen LogP contribution in [-0.4, -0.2) is 222 Å². The van der Waals surface area contributed by atoms with E-state index >= 15 is 0 Å². The predicted molar refractivity (Wildman–Crippen MR) is 369 cm³/mol. The number of aromatic amines is 3. The lowest BCUT2D eigenvalue weighted by Crippen LogP contribution is -2.46. The molecule has 0 aliphatic carbocycles. The maximum Gasteiger partial charge on any atom is 0.330 e. The van der Waals surface area contributed by atoms with E-state index in [1.54, 1.807) is 20.8 Å². The molecule has 19 atom stereocenters. The lowest BCUT2D eigenvalue weighted by atomic mass is 9.83. The molecular weight excluding hydrogens is 1480 g/mol. The van der Waals surface area contributed by atoms with E-state index in [1.165, 1.54) is 53.0 Å². The summed E-state index contributed by atoms with van der Waals surface area (Å²) >= 11 is 0. The van der Waals surface area contributed by atoms with Crippen molar-refractivity contribution in [2.75, 3.05) is 59.5 Å². The van der Waals surface area contributed by atoms with Crippen molar-refractivity contribution in [1.29, 1.82) is 0 Å². The molecule has 3 amide bonds. The van der Waals surface area contributed by atoms with Crippen LogP contribution in [0.15, 0.2) is 118 Å². The van der Waals surface area contributed by atoms with E-state index < -0.39 is 205 Å². The number of carbonyl (C=O) groups excluding carboxylic acids is 2. The van der Waals surface area contributed by atoms with Gasteiger partial charge in [-0.25, -0.2) is 45.5 Å². The van der Waals surface area contributed by atoms with Crippen LogP contribution in [0.2, 0.25) is 0 Å². The number of urea groups is 1. The number of nitrogens with zero attached hydrogens (tertiary/aromatic N) is 11. The number of imide groups is 1. The monoisotopic (exact) mass is 1570 g/mol. The Kier molecular flexibility index (Phi) is 30.3. The Hall–Kier alpha value is -9.47. The highest BCUT2D eigenvalue weighted by Gasteiger charge is 2.59. The van der Waals surface area contributed by atoms with E-state index in [0.717, 1.165) is 49.2 Å². The first-order chi connectivity index (χ1) is 52.2. The predicted octanol–water partition coefficient (Wildman–Crippen LogP) is 1.20. The van der Waals surface area contributed by atoms with Crippen LogP contribution < -0.4 is 59.7 Å². The average molecular weight is 1570 g/mol. The highest BCUT2D eigenvalue weighted by atomic mass is 19.2. The second kappa shape index (κ2) is 38.0. The number of H-pyrrole nitrogens is 3. The number of alkyl halides is 6. The number of halogens is 6. The Bertz CT molecular complexity index is 4490. The van der Waals surface area contributed by atoms with Gasteiger partial charge in [0.25, 0.3) is 27.8 Å². The van der Waals surface area contributed by atoms with E-state index in [2.05, 4.69) is 26.6 Å². The lowest BCUT2D eigenvalue weighted by molar-refractivity contribution is -0.136. The smallest absolute Gasteiger partial charge is 0.330 e. The Labute approximate surface area is 619 Å². The molecule has 9 N–H and O–H groups in total. The number of rotatable bonds is 19. The normalized spacial score (nSPS) is 29.6. The zero-order valence-electron chi connectivity index (χ0n) is 60.8. The van der Waals surface area contributed by atoms with Crippen LogP contribution in [0.1, 0.15) is 106 Å². The van der Waals surface area contributed by atoms with Gasteiger partial charge in [-0.05, 0) is 24.8 Å². The van der Waals surface area contributed by atoms with E-state index in [-0.39, 0.29) is 56.6 Å². The Morgan fingerprint density at radius 1 is 0.655 bits per heavy atom. The summed E-state index contributed by atoms with van der Waals surface area (Å²) in [7, 11) is 0. The molecule has 12 heterocycles. The Morgan fingerprint density at radius 3 is 1.55 bits per heavy atom. The summed E-state index contributed by atoms with van der Waals surface area (Å²) in [6.07, 6.45) is -5.20. The van der Waals surface area contributed by atoms with Gasteiger partial charge in [0.15, 0.2) is 68.2 Å². The largest absolute Gasteiger partial charge is 0.461 e. The molecule has 5 fully saturated rings. The summed E-state index contributed by atoms with van der Waals surface area (Å²) in [6, 6.07) is 5.14. The molecule has 44 heteroatoms. The quantitative estimate of drug-likeness (QED) is 0.0184. The van der Waals surface area contributed by atoms with Crippen molar-refractivity contribution >= 4 is 12.4 Å². The molecule has 0 aromatic carbocycles. The number of hydrogen-bond acceptors (Lipinski definition) is 26. The minimum Gasteiger partial charge on any atom is -0.461 e. The van der Waals surface area contributed by atoms with Gasteiger partial charge in [0.2, 0.25) is 6.41 Å². The van der Waals surface area contributed by atoms with Crippen molar-refractivity contribution in [3.8, 4) is 12.0 Å². The minimum atomic E-state index is -1.59. The maximum atomic E-state index is 14.5. The third-order valence-corrected chi connectivity index (χ3v) is 20.6. The highest BCUT2D eigenvalue weighted by molar-refractivity contribution is 5.85. The van der Waals surface area contributed by atoms with Gasteiger partial charge in [-0.1, -0.05) is 67.1 Å². The Morgan fingerprint density at radius 2 is 1.12 bits per heavy atom. The van der Waals surface area contributed by atoms with Crippen LogP contribution in [0.3, 0.4) is 0 Å². The molecule has 5 aromatic heterocycles. The van der Waals surface area contributed by atoms with Gasteiger partial charge in [0.1, 0.15) is 42.8 Å². The number of ether oxygens (including phenoxy) is 8. The number of aliphatic hydroxyl groups excluding tert-OH is 5. The van der Waals surface area contributed by atoms with E-state index in [4.69, 9.17) is 58.7 Å². The molecule has 12 rings (SSSR count). The van der Waals surface area contributed by atoms with Crippen LogP contribution in [0.25, 0.3) is 10.4 Å². The number of aliphatic hydroxyl groups is 5. The molecule has 5 aromatic rings. The first-order valence-corrected chi connectivity index (χ1v) is 34.6. The number of azide groups is 1. The van der Waals surface area contributed by atoms with E-state index in [9.17, 15) is 84.5 Å². The van der Waals surface area contributed by atoms with Crippen LogP contribution in [0, 0.1) is 29.6 Å². The topological polar surface area (TPSA) is 508 Å². The van der Waals surface area contributed by atoms with Gasteiger partial charge in [-0.2, -0.15) is 9.97 Å². The summed E-state index contributed by atoms with van der Waals surface area (Å²) in [5, 5.41) is 50.6. The fraction of sp³-hybridized carbons (Fsp3) is 0.636. The van der Waals surface area contributed by atoms with E-state index in [1.807, 2.05) is 48.0 Å². The van der Waals surface area contributed by atoms with Gasteiger partial charge in [-0.3, -0.25) is 76.8 Å². The second-order valence-corrected chi connectivity index (χ2v) is 26.5. The number of nitrogens with one attached hydrogen (secondary N) is 4. The molecule has 5 saturated heterocycles. The molecule has 7 aliphatic heterocycles. The van der Waals surface area contributed by atoms with Crippen LogP contribution in [0.4, 0.5) is 31.1 Å². The lowest BCUT2D eigenvalue weighted by Gasteiger charge is -2.31. The molecule has 4 bridgehead atoms. The number of carbonyl (C=O) groups is 2. The average Bonchev–Trinajstić information content (AvgIpc) is 1.58. The fourth-order valence-corrected chi connectivity index (χ4v) is 13.2. The number of aromatic nitrogens is 10. The molecule has 0 radical (unpaired) electrons. The third kappa shape index (κ3) is 18.6. The summed E-state index contributed by atoms with van der Waals surface area (Å²) < 4.78 is 134. The first kappa shape index (κ1) is 87.8. The van der Waals surface area contributed by atoms with Crippen molar-refractivity contribution in [2.24, 2.45) is 34.7 Å². The SMILES string of the molecule is C=CN(C(=O)NC=O)[C@@H]1OC(CC)(CC)[C@@H](C)[C@H]1F.CC[C@]12COc3nc(=O)ccn3[C@H](O1)[C@H](F)[C@@H]2C.C[C@H]1[C@@H](F)[C@H](n2ccc(=O)[nH]c2=O)OC1(CO)CO.C[C@H]1[C@@H](F)[C@H](n2ccc(=O)[nH]c2=O)O[C@@H]1CO.C[C@H]1[C@@H](F)[C@H]2O[C@]1(CN=[N+]=[N-])COc1nc(=O)ccn12.O=c1ccn([C@@H](CF)OC(CO)CO)c(=O)[nH]1. The number of amides is 3. The standard InChI is InChI=1S/C13H21FN2O3.C12H15FN2O3.C11H12FN5O3.C11H15FN2O5.C10H13FN2O4.C9H13FN2O5/c1-5-13(6-2)9(4)10(14)11(19-13)16(7-3)12(18)15-8-17;1-3-12-6-17-11-14-8(16)4-5-15(11)10(18-12)9(13)7(12)2;1-6-8(12)9-17-3-2-7(18)15-10(17)19-5-11(6,20-9)4-14-16-13;1-6-8(12)9(19-11(6,4-15)5-16)14-3-2-7(17)13-10(14)18;1-5-6(4-14)17-9(8(5)11)13-3-2-7(15)12-10(13)16;10-3-8(17-6(4-13)5-14)12-2-1-7(15)11-9(12)16/h7-11H,3,5-6H2,1-2,4H3,(H,15,17,18);4-5,7,9-10H,3,6H2,1-2H3;2-3,6,8-9H,4-5H2,1H3;2-3,6,8-9,15-16H,4-5H2,1H3,(H,13,17,18);2-3,5-6,8-9,14H,4H2,1H3,(H,12,15,16);1-2,6,8,13-14H,3-5H2,(H,11,15,16)/t9-,10+,11+;7-,9+,10+,12+;6-,8+,9+,11+;6-,8+,9+;5-,6-,8-,9-;8-/m000011/s1. The second-order valence-electron chi connectivity index (χ2n) is 26.5. The first-order valence-electron chi connectivity index (χ1n) is 34.6. The minimum absolute atomic E-state index is 0.0138. The molecule has 110 heavy (non-hydrogen) atoms. The summed E-state index contributed by atoms with van der Waals surface area (Å²) in [5.74, 6) is -2.40. The molecule has 608 valence electrons. The van der Waals surface area contributed by atoms with Gasteiger partial charge in [0.05, 0.1) is 51.3 Å². The molecule has 0 spiro atoms. The van der Waals surface area contributed by atoms with Crippen LogP contribution >= 0.6 is 0 Å². The summed E-state index contributed by atoms with van der Waals surface area (Å²) in [4.78, 5) is 129. The zero-order valence-corrected chi connectivity index (χ0v) is 60.8. The van der Waals surface area contributed by atoms with Gasteiger partial charge in [-0.15, -0.1) is 0 Å². The summed E-state index contributed by atoms with van der Waals surface area (Å²) in [5.41, 5.74) is -0.238. The summed E-state index contributed by atoms with van der Waals surface area (Å²) in [6.45, 7) is 14.3. The number of fused-ring (bicyclic) bond motifs is 8. The van der Waals surface area contributed by atoms with Crippen molar-refractivity contribution in [3.63, 3.8) is 0 Å². The van der Waals surface area contributed by atoms with Gasteiger partial charge < -0.3 is 63.4 Å². The molecule has 0 saturated carbocycles. The Balaban J connectivity index is 0.000000184. The van der Waals surface area contributed by atoms with Crippen molar-refractivity contribution in [3.05, 3.63) is 168 Å². The molecule has 0 unspecified atom stereocenters. The van der Waals surface area contributed by atoms with E-state index in [0.29, 0.717) is 19.3 Å². The molecular formula is C66H89F6N15O23. The van der Waals surface area contributed by atoms with Gasteiger partial charge in [0, 0.05) is 102 Å². The highest BCUT2D eigenvalue weighted by Crippen LogP contribution is 2.50. The third-order valence-electron chi connectivity index (χ3n) is 20.6. The van der Waals surface area contributed by atoms with Crippen molar-refractivity contribution in [2.45, 2.75) is 177 Å². The van der Waals surface area contributed by atoms with Crippen LogP contribution in [0.5, 0.6) is 12.0 Å². The zero-order chi connectivity index (χ0) is 81.5. The number of hydrogen-bond donors (Lipinski definition) is 9. The van der Waals surface area contributed by atoms with Gasteiger partial charge >= 0.3 is 35.1 Å². The van der Waals surface area contributed by atoms with Crippen molar-refractivity contribution in [1.82, 2.24) is 58.0 Å². The fourth-order valence-electron chi connectivity index (χ4n) is 13.2. The molecule has 38 nitrogen and oxygen atoms in total. The van der Waals surface area contributed by atoms with Crippen LogP contribution in [-0.2, 0) is 33.2 Å². The molecule has 7 aliphatic rings.